The van der Waals surface area contributed by atoms with E-state index >= 15 is 0 Å². The van der Waals surface area contributed by atoms with E-state index in [2.05, 4.69) is 10.1 Å². The van der Waals surface area contributed by atoms with Gasteiger partial charge in [-0.25, -0.2) is 9.59 Å². The fourth-order valence-electron chi connectivity index (χ4n) is 1.76. The van der Waals surface area contributed by atoms with Gasteiger partial charge in [-0.1, -0.05) is 6.08 Å². The molecule has 130 valence electrons. The Hall–Kier alpha value is -3.03. The summed E-state index contributed by atoms with van der Waals surface area (Å²) >= 11 is 0. The number of ether oxygens (including phenoxy) is 3. The van der Waals surface area contributed by atoms with Crippen LogP contribution in [0.15, 0.2) is 30.0 Å². The quantitative estimate of drug-likeness (QED) is 0.347. The Morgan fingerprint density at radius 2 is 1.96 bits per heavy atom. The van der Waals surface area contributed by atoms with Crippen molar-refractivity contribution in [3.05, 3.63) is 35.5 Å². The molecular formula is C16H19NO7. The lowest BCUT2D eigenvalue weighted by Crippen LogP contribution is -2.34. The number of methoxy groups -OCH3 is 1. The first-order chi connectivity index (χ1) is 11.3. The van der Waals surface area contributed by atoms with Gasteiger partial charge in [0.05, 0.1) is 7.11 Å². The molecule has 0 aromatic heterocycles. The Bertz CT molecular complexity index is 666. The van der Waals surface area contributed by atoms with Crippen molar-refractivity contribution >= 4 is 17.9 Å². The van der Waals surface area contributed by atoms with Gasteiger partial charge in [0, 0.05) is 6.92 Å². The fraction of sp³-hybridized carbons (Fsp3) is 0.312. The maximum absolute atomic E-state index is 12.2. The SMILES string of the molecule is CC=C(NC(C)OC(=O)c1cc(O)ccc1OC(C)=O)C(=O)OC. The summed E-state index contributed by atoms with van der Waals surface area (Å²) in [5, 5.41) is 12.2. The molecule has 0 spiro atoms. The molecule has 0 aliphatic heterocycles. The van der Waals surface area contributed by atoms with Crippen LogP contribution in [0.1, 0.15) is 31.1 Å². The first-order valence-corrected chi connectivity index (χ1v) is 7.02. The van der Waals surface area contributed by atoms with E-state index < -0.39 is 24.1 Å². The Balaban J connectivity index is 2.89. The number of hydrogen-bond donors (Lipinski definition) is 2. The molecule has 1 rings (SSSR count). The zero-order valence-electron chi connectivity index (χ0n) is 13.8. The Morgan fingerprint density at radius 1 is 1.29 bits per heavy atom. The van der Waals surface area contributed by atoms with Gasteiger partial charge in [0.1, 0.15) is 22.8 Å². The normalized spacial score (nSPS) is 12.1. The predicted octanol–water partition coefficient (Wildman–Crippen LogP) is 1.49. The molecular weight excluding hydrogens is 318 g/mol. The Morgan fingerprint density at radius 3 is 2.50 bits per heavy atom. The molecule has 0 bridgehead atoms. The van der Waals surface area contributed by atoms with Gasteiger partial charge in [-0.3, -0.25) is 4.79 Å². The molecule has 0 aliphatic carbocycles. The molecule has 24 heavy (non-hydrogen) atoms. The number of rotatable bonds is 6. The van der Waals surface area contributed by atoms with Gasteiger partial charge >= 0.3 is 17.9 Å². The molecule has 8 nitrogen and oxygen atoms in total. The van der Waals surface area contributed by atoms with Crippen molar-refractivity contribution in [3.8, 4) is 11.5 Å². The summed E-state index contributed by atoms with van der Waals surface area (Å²) in [5.74, 6) is -2.32. The number of benzene rings is 1. The van der Waals surface area contributed by atoms with Crippen LogP contribution in [0.5, 0.6) is 11.5 Å². The van der Waals surface area contributed by atoms with Crippen LogP contribution in [0.3, 0.4) is 0 Å². The van der Waals surface area contributed by atoms with E-state index in [0.29, 0.717) is 0 Å². The summed E-state index contributed by atoms with van der Waals surface area (Å²) in [6.45, 7) is 4.29. The van der Waals surface area contributed by atoms with Crippen LogP contribution >= 0.6 is 0 Å². The lowest BCUT2D eigenvalue weighted by molar-refractivity contribution is -0.137. The van der Waals surface area contributed by atoms with Crippen LogP contribution in [-0.2, 0) is 19.1 Å². The molecule has 0 radical (unpaired) electrons. The predicted molar refractivity (Wildman–Crippen MR) is 83.2 cm³/mol. The molecule has 1 aromatic rings. The topological polar surface area (TPSA) is 111 Å². The van der Waals surface area contributed by atoms with E-state index in [-0.39, 0.29) is 22.8 Å². The second-order valence-electron chi connectivity index (χ2n) is 4.66. The number of carbonyl (C=O) groups excluding carboxylic acids is 3. The van der Waals surface area contributed by atoms with Crippen LogP contribution in [0, 0.1) is 0 Å². The molecule has 1 unspecified atom stereocenters. The van der Waals surface area contributed by atoms with Crippen LogP contribution < -0.4 is 10.1 Å². The second kappa shape index (κ2) is 8.56. The lowest BCUT2D eigenvalue weighted by atomic mass is 10.2. The van der Waals surface area contributed by atoms with E-state index in [4.69, 9.17) is 9.47 Å². The third-order valence-electron chi connectivity index (χ3n) is 2.77. The molecule has 1 aromatic carbocycles. The summed E-state index contributed by atoms with van der Waals surface area (Å²) in [5.41, 5.74) is -0.00661. The average molecular weight is 337 g/mol. The molecule has 0 fully saturated rings. The number of allylic oxidation sites excluding steroid dienone is 1. The Labute approximate surface area is 139 Å². The van der Waals surface area contributed by atoms with Crippen LogP contribution in [0.4, 0.5) is 0 Å². The van der Waals surface area contributed by atoms with Crippen molar-refractivity contribution in [2.24, 2.45) is 0 Å². The molecule has 0 aliphatic rings. The monoisotopic (exact) mass is 337 g/mol. The third kappa shape index (κ3) is 5.31. The van der Waals surface area contributed by atoms with Gasteiger partial charge in [0.15, 0.2) is 6.23 Å². The van der Waals surface area contributed by atoms with Crippen molar-refractivity contribution in [2.75, 3.05) is 7.11 Å². The summed E-state index contributed by atoms with van der Waals surface area (Å²) < 4.78 is 14.6. The third-order valence-corrected chi connectivity index (χ3v) is 2.77. The number of aromatic hydroxyl groups is 1. The van der Waals surface area contributed by atoms with E-state index in [0.717, 1.165) is 6.07 Å². The minimum absolute atomic E-state index is 0.0447. The number of phenolic OH excluding ortho intramolecular Hbond substituents is 1. The van der Waals surface area contributed by atoms with Crippen molar-refractivity contribution in [3.63, 3.8) is 0 Å². The van der Waals surface area contributed by atoms with Gasteiger partial charge in [-0.05, 0) is 32.0 Å². The molecule has 0 amide bonds. The maximum atomic E-state index is 12.2. The number of esters is 3. The highest BCUT2D eigenvalue weighted by Crippen LogP contribution is 2.25. The van der Waals surface area contributed by atoms with Crippen molar-refractivity contribution in [1.82, 2.24) is 5.32 Å². The molecule has 2 N–H and O–H groups in total. The Kier molecular flexibility index (Phi) is 6.79. The molecule has 0 heterocycles. The fourth-order valence-corrected chi connectivity index (χ4v) is 1.76. The highest BCUT2D eigenvalue weighted by Gasteiger charge is 2.20. The average Bonchev–Trinajstić information content (AvgIpc) is 2.52. The van der Waals surface area contributed by atoms with Gasteiger partial charge in [0.2, 0.25) is 0 Å². The molecule has 0 saturated carbocycles. The number of phenols is 1. The highest BCUT2D eigenvalue weighted by atomic mass is 16.6. The van der Waals surface area contributed by atoms with Crippen LogP contribution in [0.2, 0.25) is 0 Å². The van der Waals surface area contributed by atoms with Gasteiger partial charge in [0.25, 0.3) is 0 Å². The highest BCUT2D eigenvalue weighted by molar-refractivity contribution is 5.94. The first-order valence-electron chi connectivity index (χ1n) is 7.02. The zero-order chi connectivity index (χ0) is 18.3. The standard InChI is InChI=1S/C16H19NO7/c1-5-13(16(21)22-4)17-9(2)23-15(20)12-8-11(19)6-7-14(12)24-10(3)18/h5-9,17,19H,1-4H3. The summed E-state index contributed by atoms with van der Waals surface area (Å²) in [6, 6.07) is 3.66. The summed E-state index contributed by atoms with van der Waals surface area (Å²) in [6.07, 6.45) is 0.588. The minimum Gasteiger partial charge on any atom is -0.508 e. The second-order valence-corrected chi connectivity index (χ2v) is 4.66. The zero-order valence-corrected chi connectivity index (χ0v) is 13.8. The van der Waals surface area contributed by atoms with Crippen molar-refractivity contribution < 1.29 is 33.7 Å². The molecule has 1 atom stereocenters. The lowest BCUT2D eigenvalue weighted by Gasteiger charge is -2.18. The van der Waals surface area contributed by atoms with E-state index in [1.54, 1.807) is 6.92 Å². The number of nitrogens with one attached hydrogen (secondary N) is 1. The summed E-state index contributed by atoms with van der Waals surface area (Å²) in [4.78, 5) is 34.8. The van der Waals surface area contributed by atoms with Gasteiger partial charge in [-0.2, -0.15) is 0 Å². The van der Waals surface area contributed by atoms with E-state index in [1.807, 2.05) is 0 Å². The number of hydrogen-bond acceptors (Lipinski definition) is 8. The van der Waals surface area contributed by atoms with Crippen molar-refractivity contribution in [1.29, 1.82) is 0 Å². The minimum atomic E-state index is -0.879. The van der Waals surface area contributed by atoms with Crippen molar-refractivity contribution in [2.45, 2.75) is 27.0 Å². The van der Waals surface area contributed by atoms with E-state index in [1.165, 1.54) is 39.2 Å². The molecule has 0 saturated heterocycles. The van der Waals surface area contributed by atoms with E-state index in [9.17, 15) is 19.5 Å². The largest absolute Gasteiger partial charge is 0.508 e. The first kappa shape index (κ1) is 19.0. The van der Waals surface area contributed by atoms with Gasteiger partial charge in [-0.15, -0.1) is 0 Å². The molecule has 8 heteroatoms. The smallest absolute Gasteiger partial charge is 0.353 e. The maximum Gasteiger partial charge on any atom is 0.353 e. The van der Waals surface area contributed by atoms with Gasteiger partial charge < -0.3 is 24.6 Å². The number of carbonyl (C=O) groups is 3. The summed E-state index contributed by atoms with van der Waals surface area (Å²) in [7, 11) is 1.22. The van der Waals surface area contributed by atoms with Crippen LogP contribution in [0.25, 0.3) is 0 Å². The van der Waals surface area contributed by atoms with Crippen LogP contribution in [-0.4, -0.2) is 36.4 Å².